The lowest BCUT2D eigenvalue weighted by molar-refractivity contribution is 0.112. The van der Waals surface area contributed by atoms with Gasteiger partial charge >= 0.3 is 0 Å². The van der Waals surface area contributed by atoms with E-state index in [0.717, 1.165) is 11.1 Å². The van der Waals surface area contributed by atoms with E-state index in [-0.39, 0.29) is 12.8 Å². The molecular weight excluding hydrogens is 186 g/mol. The number of halogens is 2. The van der Waals surface area contributed by atoms with E-state index in [2.05, 4.69) is 0 Å². The Morgan fingerprint density at radius 2 is 1.71 bits per heavy atom. The number of hydrogen-bond acceptors (Lipinski definition) is 1. The molecule has 0 fully saturated rings. The second-order valence-electron chi connectivity index (χ2n) is 3.02. The van der Waals surface area contributed by atoms with Crippen LogP contribution in [0.1, 0.15) is 21.5 Å². The van der Waals surface area contributed by atoms with Crippen molar-refractivity contribution >= 4 is 6.29 Å². The van der Waals surface area contributed by atoms with Crippen LogP contribution in [-0.2, 0) is 12.8 Å². The van der Waals surface area contributed by atoms with Crippen LogP contribution in [0, 0.1) is 0 Å². The van der Waals surface area contributed by atoms with Gasteiger partial charge in [0.25, 0.3) is 0 Å². The van der Waals surface area contributed by atoms with Crippen LogP contribution < -0.4 is 0 Å². The van der Waals surface area contributed by atoms with Crippen LogP contribution in [0.4, 0.5) is 8.78 Å². The fourth-order valence-corrected chi connectivity index (χ4v) is 1.40. The van der Waals surface area contributed by atoms with E-state index in [4.69, 9.17) is 0 Å². The summed E-state index contributed by atoms with van der Waals surface area (Å²) < 4.78 is 24.3. The van der Waals surface area contributed by atoms with Gasteiger partial charge in [-0.3, -0.25) is 13.6 Å². The molecule has 1 nitrogen and oxygen atoms in total. The summed E-state index contributed by atoms with van der Waals surface area (Å²) in [5.74, 6) is 0. The predicted octanol–water partition coefficient (Wildman–Crippen LogP) is 2.52. The molecule has 0 aliphatic heterocycles. The molecule has 0 aromatic heterocycles. The normalized spacial score (nSPS) is 10.1. The monoisotopic (exact) mass is 198 g/mol. The Hall–Kier alpha value is -1.25. The van der Waals surface area contributed by atoms with Crippen molar-refractivity contribution < 1.29 is 13.6 Å². The van der Waals surface area contributed by atoms with E-state index >= 15 is 0 Å². The Labute approximate surface area is 81.7 Å². The van der Waals surface area contributed by atoms with Gasteiger partial charge in [0.2, 0.25) is 0 Å². The van der Waals surface area contributed by atoms with Crippen molar-refractivity contribution in [3.63, 3.8) is 0 Å². The van der Waals surface area contributed by atoms with E-state index < -0.39 is 13.3 Å². The summed E-state index contributed by atoms with van der Waals surface area (Å²) in [6.45, 7) is -0.943. The van der Waals surface area contributed by atoms with Crippen molar-refractivity contribution in [3.05, 3.63) is 34.9 Å². The van der Waals surface area contributed by atoms with Gasteiger partial charge < -0.3 is 0 Å². The third-order valence-electron chi connectivity index (χ3n) is 2.09. The van der Waals surface area contributed by atoms with Crippen molar-refractivity contribution in [2.24, 2.45) is 0 Å². The Morgan fingerprint density at radius 3 is 2.29 bits per heavy atom. The molecule has 0 N–H and O–H groups in total. The molecule has 0 amide bonds. The Balaban J connectivity index is 2.96. The Bertz CT molecular complexity index is 310. The molecule has 0 heterocycles. The highest BCUT2D eigenvalue weighted by Gasteiger charge is 2.03. The molecule has 0 aliphatic carbocycles. The van der Waals surface area contributed by atoms with Gasteiger partial charge in [-0.1, -0.05) is 12.1 Å². The van der Waals surface area contributed by atoms with Gasteiger partial charge in [0.15, 0.2) is 0 Å². The van der Waals surface area contributed by atoms with Crippen molar-refractivity contribution in [2.75, 3.05) is 13.3 Å². The first kappa shape index (κ1) is 10.8. The summed E-state index contributed by atoms with van der Waals surface area (Å²) in [5.41, 5.74) is 2.03. The van der Waals surface area contributed by atoms with E-state index in [1.54, 1.807) is 18.2 Å². The van der Waals surface area contributed by atoms with Crippen molar-refractivity contribution in [3.8, 4) is 0 Å². The SMILES string of the molecule is O=Cc1ccc(CCF)c(CCF)c1. The molecule has 0 saturated heterocycles. The lowest BCUT2D eigenvalue weighted by Gasteiger charge is -2.06. The van der Waals surface area contributed by atoms with Crippen molar-refractivity contribution in [2.45, 2.75) is 12.8 Å². The third kappa shape index (κ3) is 2.62. The van der Waals surface area contributed by atoms with E-state index in [9.17, 15) is 13.6 Å². The van der Waals surface area contributed by atoms with E-state index in [1.165, 1.54) is 0 Å². The topological polar surface area (TPSA) is 17.1 Å². The number of aryl methyl sites for hydroxylation is 2. The average molecular weight is 198 g/mol. The van der Waals surface area contributed by atoms with E-state index in [0.29, 0.717) is 11.8 Å². The molecule has 0 radical (unpaired) electrons. The fraction of sp³-hybridized carbons (Fsp3) is 0.364. The molecule has 1 aromatic carbocycles. The minimum Gasteiger partial charge on any atom is -0.298 e. The minimum absolute atomic E-state index is 0.247. The molecule has 0 saturated carbocycles. The Morgan fingerprint density at radius 1 is 1.07 bits per heavy atom. The first-order valence-electron chi connectivity index (χ1n) is 4.50. The molecule has 0 atom stereocenters. The molecule has 0 spiro atoms. The number of benzene rings is 1. The second kappa shape index (κ2) is 5.47. The van der Waals surface area contributed by atoms with Crippen LogP contribution in [0.25, 0.3) is 0 Å². The first-order chi connectivity index (χ1) is 6.81. The van der Waals surface area contributed by atoms with Gasteiger partial charge in [-0.25, -0.2) is 0 Å². The first-order valence-corrected chi connectivity index (χ1v) is 4.50. The number of rotatable bonds is 5. The third-order valence-corrected chi connectivity index (χ3v) is 2.09. The van der Waals surface area contributed by atoms with Gasteiger partial charge in [-0.15, -0.1) is 0 Å². The molecule has 0 aliphatic rings. The summed E-state index contributed by atoms with van der Waals surface area (Å²) in [7, 11) is 0. The second-order valence-corrected chi connectivity index (χ2v) is 3.02. The number of carbonyl (C=O) groups excluding carboxylic acids is 1. The highest BCUT2D eigenvalue weighted by molar-refractivity contribution is 5.75. The van der Waals surface area contributed by atoms with Crippen LogP contribution in [0.2, 0.25) is 0 Å². The maximum atomic E-state index is 12.2. The lowest BCUT2D eigenvalue weighted by atomic mass is 10.0. The highest BCUT2D eigenvalue weighted by Crippen LogP contribution is 2.13. The number of hydrogen-bond donors (Lipinski definition) is 0. The van der Waals surface area contributed by atoms with Crippen LogP contribution in [0.3, 0.4) is 0 Å². The molecule has 1 rings (SSSR count). The van der Waals surface area contributed by atoms with Gasteiger partial charge in [0.1, 0.15) is 6.29 Å². The van der Waals surface area contributed by atoms with Crippen LogP contribution in [-0.4, -0.2) is 19.6 Å². The summed E-state index contributed by atoms with van der Waals surface area (Å²) in [6.07, 6.45) is 1.24. The standard InChI is InChI=1S/C11H12F2O/c12-5-3-10-2-1-9(8-14)7-11(10)4-6-13/h1-2,7-8H,3-6H2. The zero-order valence-corrected chi connectivity index (χ0v) is 7.80. The molecular formula is C11H12F2O. The summed E-state index contributed by atoms with van der Waals surface area (Å²) in [5, 5.41) is 0. The van der Waals surface area contributed by atoms with Crippen molar-refractivity contribution in [1.29, 1.82) is 0 Å². The Kier molecular flexibility index (Phi) is 4.23. The van der Waals surface area contributed by atoms with Crippen LogP contribution in [0.5, 0.6) is 0 Å². The zero-order valence-electron chi connectivity index (χ0n) is 7.80. The largest absolute Gasteiger partial charge is 0.298 e. The molecule has 14 heavy (non-hydrogen) atoms. The van der Waals surface area contributed by atoms with Gasteiger partial charge in [-0.2, -0.15) is 0 Å². The molecule has 1 aromatic rings. The number of carbonyl (C=O) groups is 1. The van der Waals surface area contributed by atoms with E-state index in [1.807, 2.05) is 0 Å². The summed E-state index contributed by atoms with van der Waals surface area (Å²) >= 11 is 0. The summed E-state index contributed by atoms with van der Waals surface area (Å²) in [6, 6.07) is 4.94. The average Bonchev–Trinajstić information content (AvgIpc) is 2.21. The van der Waals surface area contributed by atoms with Crippen molar-refractivity contribution in [1.82, 2.24) is 0 Å². The fourth-order valence-electron chi connectivity index (χ4n) is 1.40. The lowest BCUT2D eigenvalue weighted by Crippen LogP contribution is -1.98. The van der Waals surface area contributed by atoms with Crippen LogP contribution >= 0.6 is 0 Å². The smallest absolute Gasteiger partial charge is 0.150 e. The molecule has 0 unspecified atom stereocenters. The van der Waals surface area contributed by atoms with Crippen LogP contribution in [0.15, 0.2) is 18.2 Å². The minimum atomic E-state index is -0.485. The quantitative estimate of drug-likeness (QED) is 0.664. The molecule has 76 valence electrons. The molecule has 0 bridgehead atoms. The summed E-state index contributed by atoms with van der Waals surface area (Å²) in [4.78, 5) is 10.5. The zero-order chi connectivity index (χ0) is 10.4. The number of alkyl halides is 2. The molecule has 3 heteroatoms. The predicted molar refractivity (Wildman–Crippen MR) is 51.2 cm³/mol. The highest BCUT2D eigenvalue weighted by atomic mass is 19.1. The maximum Gasteiger partial charge on any atom is 0.150 e. The van der Waals surface area contributed by atoms with Gasteiger partial charge in [-0.05, 0) is 17.2 Å². The number of aldehydes is 1. The maximum absolute atomic E-state index is 12.2. The van der Waals surface area contributed by atoms with Gasteiger partial charge in [0.05, 0.1) is 13.3 Å². The van der Waals surface area contributed by atoms with Gasteiger partial charge in [0, 0.05) is 18.4 Å².